The molecule has 1 aromatic rings. The van der Waals surface area contributed by atoms with Crippen molar-refractivity contribution in [1.29, 1.82) is 5.41 Å². The molecular formula is C21H27N5OS. The topological polar surface area (TPSA) is 72.1 Å². The zero-order valence-corrected chi connectivity index (χ0v) is 17.7. The molecule has 2 aliphatic heterocycles. The fourth-order valence-corrected chi connectivity index (χ4v) is 4.50. The Morgan fingerprint density at radius 2 is 1.79 bits per heavy atom. The standard InChI is InChI=1S/C21H27N5OS/c1-5-15(6-2)20-24-26-18(22)17(19(27)23-21(26)28-20)13-14-9-11-16(12-10-14)25(7-3)8-4/h9-13,15,22H,5-8H2,1-4H3/b17-13+,22-18?. The summed E-state index contributed by atoms with van der Waals surface area (Å²) >= 11 is 1.41. The van der Waals surface area contributed by atoms with E-state index in [-0.39, 0.29) is 17.3 Å². The van der Waals surface area contributed by atoms with Crippen LogP contribution >= 0.6 is 11.8 Å². The summed E-state index contributed by atoms with van der Waals surface area (Å²) in [6, 6.07) is 8.02. The largest absolute Gasteiger partial charge is 0.372 e. The first kappa shape index (κ1) is 20.3. The third kappa shape index (κ3) is 3.90. The number of fused-ring (bicyclic) bond motifs is 1. The van der Waals surface area contributed by atoms with Gasteiger partial charge in [-0.2, -0.15) is 15.1 Å². The normalized spacial score (nSPS) is 17.9. The van der Waals surface area contributed by atoms with E-state index in [1.54, 1.807) is 6.08 Å². The lowest BCUT2D eigenvalue weighted by molar-refractivity contribution is -0.114. The monoisotopic (exact) mass is 397 g/mol. The number of amidine groups is 2. The molecule has 0 aliphatic carbocycles. The Labute approximate surface area is 170 Å². The minimum absolute atomic E-state index is 0.0938. The SMILES string of the molecule is CCC(CC)C1=NN2C(=N)/C(=C\c3ccc(N(CC)CC)cc3)C(=O)N=C2S1. The molecule has 2 aliphatic rings. The Kier molecular flexibility index (Phi) is 6.34. The Morgan fingerprint density at radius 3 is 2.36 bits per heavy atom. The van der Waals surface area contributed by atoms with E-state index >= 15 is 0 Å². The molecule has 2 heterocycles. The molecule has 0 unspecified atom stereocenters. The van der Waals surface area contributed by atoms with Gasteiger partial charge in [-0.05, 0) is 62.2 Å². The maximum atomic E-state index is 12.5. The number of hydrazone groups is 1. The number of nitrogens with zero attached hydrogens (tertiary/aromatic N) is 4. The van der Waals surface area contributed by atoms with Crippen molar-refractivity contribution in [2.45, 2.75) is 40.5 Å². The highest BCUT2D eigenvalue weighted by atomic mass is 32.2. The van der Waals surface area contributed by atoms with Crippen molar-refractivity contribution in [3.8, 4) is 0 Å². The molecule has 0 radical (unpaired) electrons. The van der Waals surface area contributed by atoms with Crippen molar-refractivity contribution in [2.75, 3.05) is 18.0 Å². The van der Waals surface area contributed by atoms with Crippen LogP contribution in [-0.4, -0.2) is 40.1 Å². The molecule has 1 N–H and O–H groups in total. The summed E-state index contributed by atoms with van der Waals surface area (Å²) in [6.45, 7) is 10.4. The van der Waals surface area contributed by atoms with E-state index in [1.165, 1.54) is 16.8 Å². The summed E-state index contributed by atoms with van der Waals surface area (Å²) in [5.41, 5.74) is 2.29. The van der Waals surface area contributed by atoms with Crippen LogP contribution in [0.1, 0.15) is 46.1 Å². The number of carbonyl (C=O) groups excluding carboxylic acids is 1. The fraction of sp³-hybridized carbons (Fsp3) is 0.429. The summed E-state index contributed by atoms with van der Waals surface area (Å²) < 4.78 is 0. The van der Waals surface area contributed by atoms with Gasteiger partial charge in [0.25, 0.3) is 5.91 Å². The van der Waals surface area contributed by atoms with E-state index in [0.29, 0.717) is 11.1 Å². The Bertz CT molecular complexity index is 848. The van der Waals surface area contributed by atoms with Crippen molar-refractivity contribution in [1.82, 2.24) is 5.01 Å². The van der Waals surface area contributed by atoms with Gasteiger partial charge in [0.2, 0.25) is 5.17 Å². The first-order valence-electron chi connectivity index (χ1n) is 9.87. The van der Waals surface area contributed by atoms with Gasteiger partial charge in [0, 0.05) is 24.7 Å². The summed E-state index contributed by atoms with van der Waals surface area (Å²) in [6.07, 6.45) is 3.69. The lowest BCUT2D eigenvalue weighted by atomic mass is 10.1. The van der Waals surface area contributed by atoms with E-state index < -0.39 is 0 Å². The maximum Gasteiger partial charge on any atom is 0.283 e. The molecule has 3 rings (SSSR count). The van der Waals surface area contributed by atoms with Gasteiger partial charge in [0.05, 0.1) is 5.57 Å². The highest BCUT2D eigenvalue weighted by Crippen LogP contribution is 2.32. The second kappa shape index (κ2) is 8.73. The second-order valence-corrected chi connectivity index (χ2v) is 7.72. The molecule has 7 heteroatoms. The van der Waals surface area contributed by atoms with E-state index in [9.17, 15) is 4.79 Å². The number of nitrogens with one attached hydrogen (secondary N) is 1. The zero-order valence-electron chi connectivity index (χ0n) is 16.9. The molecule has 1 aromatic carbocycles. The lowest BCUT2D eigenvalue weighted by Gasteiger charge is -2.21. The summed E-state index contributed by atoms with van der Waals surface area (Å²) in [5, 5.41) is 16.0. The number of amides is 1. The highest BCUT2D eigenvalue weighted by molar-refractivity contribution is 8.27. The van der Waals surface area contributed by atoms with Gasteiger partial charge in [0.15, 0.2) is 5.84 Å². The van der Waals surface area contributed by atoms with Crippen molar-refractivity contribution in [3.63, 3.8) is 0 Å². The van der Waals surface area contributed by atoms with Crippen molar-refractivity contribution in [3.05, 3.63) is 35.4 Å². The molecule has 0 bridgehead atoms. The van der Waals surface area contributed by atoms with Crippen molar-refractivity contribution >= 4 is 45.5 Å². The van der Waals surface area contributed by atoms with Gasteiger partial charge in [-0.3, -0.25) is 10.2 Å². The van der Waals surface area contributed by atoms with Crippen LogP contribution in [0, 0.1) is 11.3 Å². The predicted molar refractivity (Wildman–Crippen MR) is 119 cm³/mol. The number of hydrogen-bond donors (Lipinski definition) is 1. The van der Waals surface area contributed by atoms with Crippen LogP contribution in [0.25, 0.3) is 6.08 Å². The van der Waals surface area contributed by atoms with Crippen LogP contribution in [0.2, 0.25) is 0 Å². The van der Waals surface area contributed by atoms with E-state index in [1.807, 2.05) is 24.3 Å². The minimum Gasteiger partial charge on any atom is -0.372 e. The molecule has 1 amide bonds. The first-order valence-corrected chi connectivity index (χ1v) is 10.7. The van der Waals surface area contributed by atoms with Crippen LogP contribution in [0.3, 0.4) is 0 Å². The molecule has 6 nitrogen and oxygen atoms in total. The van der Waals surface area contributed by atoms with Gasteiger partial charge in [0.1, 0.15) is 5.04 Å². The van der Waals surface area contributed by atoms with Crippen LogP contribution in [0.4, 0.5) is 5.69 Å². The number of anilines is 1. The third-order valence-electron chi connectivity index (χ3n) is 5.14. The van der Waals surface area contributed by atoms with Gasteiger partial charge in [-0.25, -0.2) is 0 Å². The van der Waals surface area contributed by atoms with E-state index in [0.717, 1.165) is 42.2 Å². The Morgan fingerprint density at radius 1 is 1.14 bits per heavy atom. The summed E-state index contributed by atoms with van der Waals surface area (Å²) in [4.78, 5) is 19.0. The predicted octanol–water partition coefficient (Wildman–Crippen LogP) is 4.59. The van der Waals surface area contributed by atoms with Crippen molar-refractivity contribution in [2.24, 2.45) is 16.0 Å². The maximum absolute atomic E-state index is 12.5. The van der Waals surface area contributed by atoms with Gasteiger partial charge < -0.3 is 4.90 Å². The van der Waals surface area contributed by atoms with Gasteiger partial charge in [-0.15, -0.1) is 0 Å². The number of hydrogen-bond acceptors (Lipinski definition) is 5. The second-order valence-electron chi connectivity index (χ2n) is 6.74. The number of thioether (sulfide) groups is 1. The smallest absolute Gasteiger partial charge is 0.283 e. The number of carbonyl (C=O) groups is 1. The minimum atomic E-state index is -0.377. The molecule has 0 fully saturated rings. The van der Waals surface area contributed by atoms with Crippen LogP contribution in [0.15, 0.2) is 39.9 Å². The average Bonchev–Trinajstić information content (AvgIpc) is 3.12. The molecular weight excluding hydrogens is 370 g/mol. The van der Waals surface area contributed by atoms with Crippen LogP contribution < -0.4 is 4.90 Å². The number of benzene rings is 1. The van der Waals surface area contributed by atoms with E-state index in [4.69, 9.17) is 5.41 Å². The quantitative estimate of drug-likeness (QED) is 0.683. The van der Waals surface area contributed by atoms with Crippen molar-refractivity contribution < 1.29 is 4.79 Å². The first-order chi connectivity index (χ1) is 13.5. The number of rotatable bonds is 7. The lowest BCUT2D eigenvalue weighted by Crippen LogP contribution is -2.35. The summed E-state index contributed by atoms with van der Waals surface area (Å²) in [7, 11) is 0. The molecule has 0 spiro atoms. The fourth-order valence-electron chi connectivity index (χ4n) is 3.35. The Balaban J connectivity index is 1.86. The van der Waals surface area contributed by atoms with E-state index in [2.05, 4.69) is 42.7 Å². The highest BCUT2D eigenvalue weighted by Gasteiger charge is 2.37. The molecule has 28 heavy (non-hydrogen) atoms. The molecule has 0 saturated heterocycles. The van der Waals surface area contributed by atoms with Crippen LogP contribution in [0.5, 0.6) is 0 Å². The third-order valence-corrected chi connectivity index (χ3v) is 6.21. The van der Waals surface area contributed by atoms with Gasteiger partial charge in [-0.1, -0.05) is 26.0 Å². The summed E-state index contributed by atoms with van der Waals surface area (Å²) in [5.74, 6) is 0.0510. The Hall–Kier alpha value is -2.41. The zero-order chi connectivity index (χ0) is 20.3. The molecule has 0 atom stereocenters. The van der Waals surface area contributed by atoms with Crippen LogP contribution in [-0.2, 0) is 4.79 Å². The molecule has 0 saturated carbocycles. The molecule has 0 aromatic heterocycles. The molecule has 148 valence electrons. The number of aliphatic imine (C=N–C) groups is 1. The average molecular weight is 398 g/mol. The van der Waals surface area contributed by atoms with Gasteiger partial charge >= 0.3 is 0 Å².